The monoisotopic (exact) mass is 248 g/mol. The van der Waals surface area contributed by atoms with E-state index in [0.717, 1.165) is 24.1 Å². The molecule has 0 spiro atoms. The third kappa shape index (κ3) is 3.49. The fraction of sp³-hybridized carbons (Fsp3) is 0.533. The van der Waals surface area contributed by atoms with Crippen LogP contribution in [0.1, 0.15) is 41.8 Å². The number of anilines is 1. The van der Waals surface area contributed by atoms with Crippen molar-refractivity contribution in [1.29, 1.82) is 0 Å². The minimum atomic E-state index is 0.0554. The van der Waals surface area contributed by atoms with Gasteiger partial charge in [-0.2, -0.15) is 0 Å². The van der Waals surface area contributed by atoms with Crippen LogP contribution in [0.15, 0.2) is 12.1 Å². The van der Waals surface area contributed by atoms with Crippen molar-refractivity contribution in [2.75, 3.05) is 19.3 Å². The molecule has 0 saturated carbocycles. The van der Waals surface area contributed by atoms with Gasteiger partial charge in [0.1, 0.15) is 0 Å². The molecule has 0 bridgehead atoms. The molecule has 3 nitrogen and oxygen atoms in total. The average Bonchev–Trinajstić information content (AvgIpc) is 2.29. The van der Waals surface area contributed by atoms with E-state index in [1.807, 2.05) is 27.0 Å². The summed E-state index contributed by atoms with van der Waals surface area (Å²) in [6.45, 7) is 9.01. The molecule has 0 radical (unpaired) electrons. The second-order valence-electron chi connectivity index (χ2n) is 5.43. The molecule has 0 aliphatic heterocycles. The van der Waals surface area contributed by atoms with Gasteiger partial charge in [0.25, 0.3) is 5.91 Å². The number of benzene rings is 1. The molecule has 0 aliphatic carbocycles. The Kier molecular flexibility index (Phi) is 4.76. The predicted molar refractivity (Wildman–Crippen MR) is 76.7 cm³/mol. The first-order valence-electron chi connectivity index (χ1n) is 6.45. The predicted octanol–water partition coefficient (Wildman–Crippen LogP) is 3.00. The summed E-state index contributed by atoms with van der Waals surface area (Å²) >= 11 is 0. The van der Waals surface area contributed by atoms with Gasteiger partial charge in [0.2, 0.25) is 0 Å². The number of carbonyl (C=O) groups excluding carboxylic acids is 1. The number of hydrogen-bond acceptors (Lipinski definition) is 2. The lowest BCUT2D eigenvalue weighted by atomic mass is 10.0. The van der Waals surface area contributed by atoms with Crippen molar-refractivity contribution in [1.82, 2.24) is 4.90 Å². The average molecular weight is 248 g/mol. The Morgan fingerprint density at radius 2 is 1.89 bits per heavy atom. The lowest BCUT2D eigenvalue weighted by Gasteiger charge is -2.20. The van der Waals surface area contributed by atoms with E-state index in [4.69, 9.17) is 5.73 Å². The van der Waals surface area contributed by atoms with Crippen molar-refractivity contribution in [3.05, 3.63) is 28.8 Å². The summed E-state index contributed by atoms with van der Waals surface area (Å²) in [5.74, 6) is 0.657. The molecule has 0 fully saturated rings. The molecule has 0 saturated heterocycles. The van der Waals surface area contributed by atoms with Gasteiger partial charge in [0.15, 0.2) is 0 Å². The first kappa shape index (κ1) is 14.6. The Morgan fingerprint density at radius 3 is 2.44 bits per heavy atom. The number of nitrogens with two attached hydrogens (primary N) is 1. The molecule has 0 aliphatic rings. The zero-order valence-corrected chi connectivity index (χ0v) is 12.1. The quantitative estimate of drug-likeness (QED) is 0.833. The lowest BCUT2D eigenvalue weighted by molar-refractivity contribution is 0.0788. The summed E-state index contributed by atoms with van der Waals surface area (Å²) in [5.41, 5.74) is 9.28. The zero-order valence-electron chi connectivity index (χ0n) is 12.1. The number of aryl methyl sites for hydroxylation is 2. The summed E-state index contributed by atoms with van der Waals surface area (Å²) in [6, 6.07) is 3.76. The molecule has 18 heavy (non-hydrogen) atoms. The van der Waals surface area contributed by atoms with E-state index in [2.05, 4.69) is 13.8 Å². The van der Waals surface area contributed by atoms with Crippen molar-refractivity contribution < 1.29 is 4.79 Å². The van der Waals surface area contributed by atoms with Crippen molar-refractivity contribution in [3.63, 3.8) is 0 Å². The van der Waals surface area contributed by atoms with Crippen LogP contribution in [0.4, 0.5) is 5.69 Å². The Morgan fingerprint density at radius 1 is 1.28 bits per heavy atom. The molecular formula is C15H24N2O. The molecule has 1 aromatic rings. The summed E-state index contributed by atoms with van der Waals surface area (Å²) < 4.78 is 0. The molecular weight excluding hydrogens is 224 g/mol. The van der Waals surface area contributed by atoms with E-state index in [-0.39, 0.29) is 5.91 Å². The fourth-order valence-electron chi connectivity index (χ4n) is 1.86. The maximum Gasteiger partial charge on any atom is 0.253 e. The molecule has 0 atom stereocenters. The topological polar surface area (TPSA) is 46.3 Å². The van der Waals surface area contributed by atoms with Gasteiger partial charge < -0.3 is 10.6 Å². The van der Waals surface area contributed by atoms with Crippen LogP contribution in [0, 0.1) is 19.8 Å². The van der Waals surface area contributed by atoms with Crippen LogP contribution in [0.3, 0.4) is 0 Å². The molecule has 1 amide bonds. The van der Waals surface area contributed by atoms with E-state index in [0.29, 0.717) is 17.2 Å². The SMILES string of the molecule is Cc1cc(C)c(C(=O)N(C)CCC(C)C)cc1N. The Bertz CT molecular complexity index is 438. The lowest BCUT2D eigenvalue weighted by Crippen LogP contribution is -2.29. The maximum atomic E-state index is 12.3. The Labute approximate surface area is 110 Å². The molecule has 100 valence electrons. The van der Waals surface area contributed by atoms with Crippen molar-refractivity contribution in [2.45, 2.75) is 34.1 Å². The molecule has 1 aromatic carbocycles. The third-order valence-electron chi connectivity index (χ3n) is 3.23. The number of hydrogen-bond donors (Lipinski definition) is 1. The summed E-state index contributed by atoms with van der Waals surface area (Å²) in [6.07, 6.45) is 1.02. The van der Waals surface area contributed by atoms with Crippen molar-refractivity contribution in [3.8, 4) is 0 Å². The highest BCUT2D eigenvalue weighted by Crippen LogP contribution is 2.19. The van der Waals surface area contributed by atoms with Crippen molar-refractivity contribution >= 4 is 11.6 Å². The molecule has 0 aromatic heterocycles. The summed E-state index contributed by atoms with van der Waals surface area (Å²) in [4.78, 5) is 14.1. The van der Waals surface area contributed by atoms with E-state index in [1.54, 1.807) is 11.0 Å². The van der Waals surface area contributed by atoms with Gasteiger partial charge in [-0.1, -0.05) is 19.9 Å². The molecule has 1 rings (SSSR count). The number of amides is 1. The van der Waals surface area contributed by atoms with Gasteiger partial charge in [-0.15, -0.1) is 0 Å². The van der Waals surface area contributed by atoms with E-state index >= 15 is 0 Å². The van der Waals surface area contributed by atoms with Gasteiger partial charge in [-0.05, 0) is 43.4 Å². The Balaban J connectivity index is 2.87. The second kappa shape index (κ2) is 5.89. The zero-order chi connectivity index (χ0) is 13.9. The van der Waals surface area contributed by atoms with Gasteiger partial charge in [0, 0.05) is 24.8 Å². The molecule has 0 unspecified atom stereocenters. The van der Waals surface area contributed by atoms with Crippen molar-refractivity contribution in [2.24, 2.45) is 5.92 Å². The van der Waals surface area contributed by atoms with Crippen LogP contribution in [0.2, 0.25) is 0 Å². The maximum absolute atomic E-state index is 12.3. The highest BCUT2D eigenvalue weighted by molar-refractivity contribution is 5.96. The van der Waals surface area contributed by atoms with Crippen LogP contribution in [0.5, 0.6) is 0 Å². The third-order valence-corrected chi connectivity index (χ3v) is 3.23. The van der Waals surface area contributed by atoms with E-state index in [9.17, 15) is 4.79 Å². The van der Waals surface area contributed by atoms with E-state index in [1.165, 1.54) is 0 Å². The van der Waals surface area contributed by atoms with Crippen LogP contribution in [0.25, 0.3) is 0 Å². The van der Waals surface area contributed by atoms with Gasteiger partial charge in [0.05, 0.1) is 0 Å². The number of rotatable bonds is 4. The van der Waals surface area contributed by atoms with Crippen LogP contribution >= 0.6 is 0 Å². The highest BCUT2D eigenvalue weighted by Gasteiger charge is 2.15. The van der Waals surface area contributed by atoms with Gasteiger partial charge in [-0.25, -0.2) is 0 Å². The number of nitrogens with zero attached hydrogens (tertiary/aromatic N) is 1. The van der Waals surface area contributed by atoms with Crippen LogP contribution in [-0.2, 0) is 0 Å². The Hall–Kier alpha value is -1.51. The standard InChI is InChI=1S/C15H24N2O/c1-10(2)6-7-17(5)15(18)13-9-14(16)12(4)8-11(13)3/h8-10H,6-7,16H2,1-5H3. The van der Waals surface area contributed by atoms with Gasteiger partial charge >= 0.3 is 0 Å². The smallest absolute Gasteiger partial charge is 0.253 e. The molecule has 0 heterocycles. The minimum Gasteiger partial charge on any atom is -0.398 e. The largest absolute Gasteiger partial charge is 0.398 e. The molecule has 3 heteroatoms. The first-order valence-corrected chi connectivity index (χ1v) is 6.45. The highest BCUT2D eigenvalue weighted by atomic mass is 16.2. The first-order chi connectivity index (χ1) is 8.32. The van der Waals surface area contributed by atoms with E-state index < -0.39 is 0 Å². The summed E-state index contributed by atoms with van der Waals surface area (Å²) in [7, 11) is 1.85. The van der Waals surface area contributed by atoms with Gasteiger partial charge in [-0.3, -0.25) is 4.79 Å². The number of nitrogen functional groups attached to an aromatic ring is 1. The van der Waals surface area contributed by atoms with Crippen LogP contribution < -0.4 is 5.73 Å². The minimum absolute atomic E-state index is 0.0554. The normalized spacial score (nSPS) is 10.8. The second-order valence-corrected chi connectivity index (χ2v) is 5.43. The number of carbonyl (C=O) groups is 1. The summed E-state index contributed by atoms with van der Waals surface area (Å²) in [5, 5.41) is 0. The molecule has 2 N–H and O–H groups in total. The fourth-order valence-corrected chi connectivity index (χ4v) is 1.86. The van der Waals surface area contributed by atoms with Crippen LogP contribution in [-0.4, -0.2) is 24.4 Å².